The molecule has 2 saturated heterocycles. The van der Waals surface area contributed by atoms with Crippen molar-refractivity contribution in [3.63, 3.8) is 0 Å². The van der Waals surface area contributed by atoms with Crippen molar-refractivity contribution < 1.29 is 13.2 Å². The van der Waals surface area contributed by atoms with Crippen LogP contribution in [0.25, 0.3) is 0 Å². The lowest BCUT2D eigenvalue weighted by Gasteiger charge is -2.32. The maximum absolute atomic E-state index is 12.1. The maximum atomic E-state index is 12.1. The summed E-state index contributed by atoms with van der Waals surface area (Å²) in [6.07, 6.45) is 1.55. The molecule has 0 aromatic carbocycles. The third-order valence-electron chi connectivity index (χ3n) is 3.94. The molecule has 2 fully saturated rings. The Hall–Kier alpha value is -0.660. The highest BCUT2D eigenvalue weighted by molar-refractivity contribution is 7.89. The van der Waals surface area contributed by atoms with Crippen molar-refractivity contribution in [1.29, 1.82) is 0 Å². The minimum atomic E-state index is -3.17. The van der Waals surface area contributed by atoms with E-state index in [0.29, 0.717) is 25.6 Å². The van der Waals surface area contributed by atoms with Gasteiger partial charge >= 0.3 is 0 Å². The van der Waals surface area contributed by atoms with E-state index in [1.54, 1.807) is 6.92 Å². The Morgan fingerprint density at radius 2 is 2.16 bits per heavy atom. The summed E-state index contributed by atoms with van der Waals surface area (Å²) in [5.74, 6) is 0.448. The van der Waals surface area contributed by atoms with Gasteiger partial charge in [-0.2, -0.15) is 0 Å². The summed E-state index contributed by atoms with van der Waals surface area (Å²) in [6.45, 7) is 5.14. The zero-order valence-corrected chi connectivity index (χ0v) is 12.2. The molecule has 0 saturated carbocycles. The molecule has 0 aromatic heterocycles. The van der Waals surface area contributed by atoms with Gasteiger partial charge in [0.05, 0.1) is 11.7 Å². The van der Waals surface area contributed by atoms with Gasteiger partial charge in [-0.25, -0.2) is 12.7 Å². The molecular weight excluding hydrogens is 266 g/mol. The first-order chi connectivity index (χ1) is 9.03. The molecule has 110 valence electrons. The van der Waals surface area contributed by atoms with E-state index < -0.39 is 10.0 Å². The van der Waals surface area contributed by atoms with Crippen LogP contribution in [0.4, 0.5) is 0 Å². The molecule has 2 aliphatic heterocycles. The first-order valence-corrected chi connectivity index (χ1v) is 8.60. The fourth-order valence-corrected chi connectivity index (χ4v) is 3.65. The third kappa shape index (κ3) is 3.67. The summed E-state index contributed by atoms with van der Waals surface area (Å²) < 4.78 is 25.1. The van der Waals surface area contributed by atoms with Gasteiger partial charge in [-0.1, -0.05) is 0 Å². The average molecular weight is 289 g/mol. The molecule has 19 heavy (non-hydrogen) atoms. The Labute approximate surface area is 115 Å². The van der Waals surface area contributed by atoms with Gasteiger partial charge in [-0.15, -0.1) is 0 Å². The molecule has 1 amide bonds. The van der Waals surface area contributed by atoms with Crippen molar-refractivity contribution in [2.24, 2.45) is 11.8 Å². The molecule has 1 atom stereocenters. The van der Waals surface area contributed by atoms with Crippen molar-refractivity contribution in [3.05, 3.63) is 0 Å². The third-order valence-corrected chi connectivity index (χ3v) is 5.79. The normalized spacial score (nSPS) is 25.8. The smallest absolute Gasteiger partial charge is 0.224 e. The largest absolute Gasteiger partial charge is 0.355 e. The van der Waals surface area contributed by atoms with Crippen LogP contribution in [0, 0.1) is 11.8 Å². The fraction of sp³-hybridized carbons (Fsp3) is 0.917. The number of amides is 1. The predicted octanol–water partition coefficient (Wildman–Crippen LogP) is -0.616. The monoisotopic (exact) mass is 289 g/mol. The van der Waals surface area contributed by atoms with Crippen LogP contribution < -0.4 is 10.6 Å². The van der Waals surface area contributed by atoms with Crippen LogP contribution in [-0.2, 0) is 14.8 Å². The van der Waals surface area contributed by atoms with Crippen molar-refractivity contribution in [1.82, 2.24) is 14.9 Å². The van der Waals surface area contributed by atoms with E-state index in [0.717, 1.165) is 25.9 Å². The Bertz CT molecular complexity index is 420. The number of carbonyl (C=O) groups excluding carboxylic acids is 1. The van der Waals surface area contributed by atoms with Gasteiger partial charge in [0, 0.05) is 38.6 Å². The van der Waals surface area contributed by atoms with Gasteiger partial charge < -0.3 is 10.6 Å². The number of nitrogens with one attached hydrogen (secondary N) is 2. The van der Waals surface area contributed by atoms with Crippen LogP contribution in [0.5, 0.6) is 0 Å². The Morgan fingerprint density at radius 1 is 1.42 bits per heavy atom. The van der Waals surface area contributed by atoms with Crippen molar-refractivity contribution in [2.75, 3.05) is 38.5 Å². The summed E-state index contributed by atoms with van der Waals surface area (Å²) >= 11 is 0. The molecule has 6 nitrogen and oxygen atoms in total. The molecule has 0 radical (unpaired) electrons. The lowest BCUT2D eigenvalue weighted by atomic mass is 9.98. The Kier molecular flexibility index (Phi) is 4.81. The number of hydrogen-bond acceptors (Lipinski definition) is 4. The molecule has 2 aliphatic rings. The second-order valence-corrected chi connectivity index (χ2v) is 7.62. The SMILES string of the molecule is CCS(=O)(=O)N1CCCC(C(=O)NCC2CNC2)C1. The fourth-order valence-electron chi connectivity index (χ4n) is 2.47. The van der Waals surface area contributed by atoms with Gasteiger partial charge in [-0.3, -0.25) is 4.79 Å². The second-order valence-electron chi connectivity index (χ2n) is 5.37. The molecule has 0 spiro atoms. The van der Waals surface area contributed by atoms with E-state index in [1.165, 1.54) is 4.31 Å². The average Bonchev–Trinajstić information content (AvgIpc) is 2.37. The molecule has 2 rings (SSSR count). The molecule has 0 bridgehead atoms. The Balaban J connectivity index is 1.84. The van der Waals surface area contributed by atoms with Gasteiger partial charge in [-0.05, 0) is 19.8 Å². The molecule has 1 unspecified atom stereocenters. The number of hydrogen-bond donors (Lipinski definition) is 2. The quantitative estimate of drug-likeness (QED) is 0.707. The van der Waals surface area contributed by atoms with Crippen LogP contribution in [0.1, 0.15) is 19.8 Å². The van der Waals surface area contributed by atoms with E-state index in [9.17, 15) is 13.2 Å². The van der Waals surface area contributed by atoms with Crippen LogP contribution in [0.2, 0.25) is 0 Å². The highest BCUT2D eigenvalue weighted by Gasteiger charge is 2.31. The number of piperidine rings is 1. The van der Waals surface area contributed by atoms with Crippen LogP contribution in [0.3, 0.4) is 0 Å². The van der Waals surface area contributed by atoms with E-state index in [2.05, 4.69) is 10.6 Å². The summed E-state index contributed by atoms with van der Waals surface area (Å²) in [7, 11) is -3.17. The summed E-state index contributed by atoms with van der Waals surface area (Å²) in [5, 5.41) is 6.10. The minimum absolute atomic E-state index is 0.00269. The highest BCUT2D eigenvalue weighted by Crippen LogP contribution is 2.19. The van der Waals surface area contributed by atoms with Crippen molar-refractivity contribution >= 4 is 15.9 Å². The summed E-state index contributed by atoms with van der Waals surface area (Å²) in [5.41, 5.74) is 0. The molecule has 2 N–H and O–H groups in total. The van der Waals surface area contributed by atoms with Gasteiger partial charge in [0.25, 0.3) is 0 Å². The highest BCUT2D eigenvalue weighted by atomic mass is 32.2. The van der Waals surface area contributed by atoms with Crippen molar-refractivity contribution in [3.8, 4) is 0 Å². The van der Waals surface area contributed by atoms with E-state index in [4.69, 9.17) is 0 Å². The summed E-state index contributed by atoms with van der Waals surface area (Å²) in [6, 6.07) is 0. The second kappa shape index (κ2) is 6.19. The number of carbonyl (C=O) groups is 1. The minimum Gasteiger partial charge on any atom is -0.355 e. The maximum Gasteiger partial charge on any atom is 0.224 e. The zero-order valence-electron chi connectivity index (χ0n) is 11.4. The molecule has 2 heterocycles. The lowest BCUT2D eigenvalue weighted by Crippen LogP contribution is -2.51. The van der Waals surface area contributed by atoms with Crippen molar-refractivity contribution in [2.45, 2.75) is 19.8 Å². The molecule has 0 aliphatic carbocycles. The molecule has 0 aromatic rings. The topological polar surface area (TPSA) is 78.5 Å². The predicted molar refractivity (Wildman–Crippen MR) is 73.1 cm³/mol. The zero-order chi connectivity index (χ0) is 13.9. The first-order valence-electron chi connectivity index (χ1n) is 6.99. The van der Waals surface area contributed by atoms with Crippen LogP contribution in [0.15, 0.2) is 0 Å². The van der Waals surface area contributed by atoms with Crippen LogP contribution >= 0.6 is 0 Å². The number of rotatable bonds is 5. The first kappa shape index (κ1) is 14.7. The lowest BCUT2D eigenvalue weighted by molar-refractivity contribution is -0.126. The standard InChI is InChI=1S/C12H23N3O3S/c1-2-19(17,18)15-5-3-4-11(9-15)12(16)14-8-10-6-13-7-10/h10-11,13H,2-9H2,1H3,(H,14,16). The van der Waals surface area contributed by atoms with E-state index in [-0.39, 0.29) is 17.6 Å². The van der Waals surface area contributed by atoms with Gasteiger partial charge in [0.2, 0.25) is 15.9 Å². The molecular formula is C12H23N3O3S. The number of nitrogens with zero attached hydrogens (tertiary/aromatic N) is 1. The van der Waals surface area contributed by atoms with Gasteiger partial charge in [0.1, 0.15) is 0 Å². The Morgan fingerprint density at radius 3 is 2.74 bits per heavy atom. The van der Waals surface area contributed by atoms with Gasteiger partial charge in [0.15, 0.2) is 0 Å². The van der Waals surface area contributed by atoms with E-state index >= 15 is 0 Å². The van der Waals surface area contributed by atoms with E-state index in [1.807, 2.05) is 0 Å². The number of sulfonamides is 1. The molecule has 7 heteroatoms. The van der Waals surface area contributed by atoms with Crippen LogP contribution in [-0.4, -0.2) is 57.1 Å². The summed E-state index contributed by atoms with van der Waals surface area (Å²) in [4.78, 5) is 12.1.